The second-order valence-corrected chi connectivity index (χ2v) is 4.08. The molecule has 1 atom stereocenters. The lowest BCUT2D eigenvalue weighted by molar-refractivity contribution is 0.128. The first-order valence-corrected chi connectivity index (χ1v) is 6.02. The first kappa shape index (κ1) is 14.2. The molecule has 0 aliphatic carbocycles. The molecule has 0 saturated heterocycles. The summed E-state index contributed by atoms with van der Waals surface area (Å²) in [5, 5.41) is 12.6. The van der Waals surface area contributed by atoms with E-state index in [0.717, 1.165) is 0 Å². The predicted molar refractivity (Wildman–Crippen MR) is 67.2 cm³/mol. The molecule has 96 valence electrons. The van der Waals surface area contributed by atoms with E-state index in [-0.39, 0.29) is 6.10 Å². The fraction of sp³-hybridized carbons (Fsp3) is 0.636. The number of aromatic nitrogens is 2. The monoisotopic (exact) mass is 259 g/mol. The van der Waals surface area contributed by atoms with Crippen molar-refractivity contribution in [2.24, 2.45) is 0 Å². The molecule has 1 unspecified atom stereocenters. The van der Waals surface area contributed by atoms with Crippen LogP contribution in [0, 0.1) is 0 Å². The van der Waals surface area contributed by atoms with Crippen LogP contribution >= 0.6 is 11.6 Å². The SMILES string of the molecule is CCOCc1nc(Cl)cc(NCCC(C)O)n1. The van der Waals surface area contributed by atoms with Crippen molar-refractivity contribution in [2.75, 3.05) is 18.5 Å². The number of nitrogens with one attached hydrogen (secondary N) is 1. The van der Waals surface area contributed by atoms with Gasteiger partial charge in [-0.15, -0.1) is 0 Å². The minimum Gasteiger partial charge on any atom is -0.393 e. The van der Waals surface area contributed by atoms with E-state index in [1.807, 2.05) is 6.92 Å². The Balaban J connectivity index is 2.55. The van der Waals surface area contributed by atoms with E-state index in [0.29, 0.717) is 43.0 Å². The topological polar surface area (TPSA) is 67.3 Å². The van der Waals surface area contributed by atoms with Crippen molar-refractivity contribution in [1.82, 2.24) is 9.97 Å². The molecule has 5 nitrogen and oxygen atoms in total. The third kappa shape index (κ3) is 5.81. The van der Waals surface area contributed by atoms with Gasteiger partial charge in [0.2, 0.25) is 0 Å². The summed E-state index contributed by atoms with van der Waals surface area (Å²) in [6.45, 7) is 5.25. The van der Waals surface area contributed by atoms with Crippen molar-refractivity contribution in [2.45, 2.75) is 33.0 Å². The molecule has 1 heterocycles. The maximum Gasteiger partial charge on any atom is 0.158 e. The molecule has 0 radical (unpaired) electrons. The van der Waals surface area contributed by atoms with Gasteiger partial charge in [-0.3, -0.25) is 0 Å². The Morgan fingerprint density at radius 1 is 1.53 bits per heavy atom. The van der Waals surface area contributed by atoms with Crippen LogP contribution < -0.4 is 5.32 Å². The van der Waals surface area contributed by atoms with E-state index >= 15 is 0 Å². The summed E-state index contributed by atoms with van der Waals surface area (Å²) in [6.07, 6.45) is 0.324. The van der Waals surface area contributed by atoms with Crippen molar-refractivity contribution in [1.29, 1.82) is 0 Å². The summed E-state index contributed by atoms with van der Waals surface area (Å²) in [5.74, 6) is 1.21. The van der Waals surface area contributed by atoms with Crippen molar-refractivity contribution in [3.8, 4) is 0 Å². The van der Waals surface area contributed by atoms with Crippen molar-refractivity contribution >= 4 is 17.4 Å². The van der Waals surface area contributed by atoms with Gasteiger partial charge in [-0.25, -0.2) is 9.97 Å². The molecule has 1 aromatic rings. The quantitative estimate of drug-likeness (QED) is 0.732. The van der Waals surface area contributed by atoms with E-state index in [1.54, 1.807) is 13.0 Å². The van der Waals surface area contributed by atoms with Crippen LogP contribution in [0.4, 0.5) is 5.82 Å². The van der Waals surface area contributed by atoms with Gasteiger partial charge in [0.15, 0.2) is 5.82 Å². The summed E-state index contributed by atoms with van der Waals surface area (Å²) in [5.41, 5.74) is 0. The lowest BCUT2D eigenvalue weighted by Gasteiger charge is -2.09. The normalized spacial score (nSPS) is 12.5. The highest BCUT2D eigenvalue weighted by Crippen LogP contribution is 2.12. The van der Waals surface area contributed by atoms with E-state index in [9.17, 15) is 0 Å². The second kappa shape index (κ2) is 7.42. The van der Waals surface area contributed by atoms with E-state index in [2.05, 4.69) is 15.3 Å². The van der Waals surface area contributed by atoms with Gasteiger partial charge >= 0.3 is 0 Å². The third-order valence-electron chi connectivity index (χ3n) is 2.04. The summed E-state index contributed by atoms with van der Waals surface area (Å²) in [7, 11) is 0. The number of ether oxygens (including phenoxy) is 1. The molecule has 17 heavy (non-hydrogen) atoms. The van der Waals surface area contributed by atoms with Crippen molar-refractivity contribution < 1.29 is 9.84 Å². The molecule has 0 fully saturated rings. The summed E-state index contributed by atoms with van der Waals surface area (Å²) >= 11 is 5.87. The zero-order chi connectivity index (χ0) is 12.7. The van der Waals surface area contributed by atoms with Crippen LogP contribution in [-0.4, -0.2) is 34.3 Å². The summed E-state index contributed by atoms with van der Waals surface area (Å²) in [6, 6.07) is 1.65. The molecule has 1 aromatic heterocycles. The van der Waals surface area contributed by atoms with Crippen LogP contribution in [0.3, 0.4) is 0 Å². The third-order valence-corrected chi connectivity index (χ3v) is 2.24. The molecule has 1 rings (SSSR count). The van der Waals surface area contributed by atoms with Gasteiger partial charge in [0, 0.05) is 19.2 Å². The average molecular weight is 260 g/mol. The fourth-order valence-corrected chi connectivity index (χ4v) is 1.42. The summed E-state index contributed by atoms with van der Waals surface area (Å²) < 4.78 is 5.22. The lowest BCUT2D eigenvalue weighted by Crippen LogP contribution is -2.11. The zero-order valence-corrected chi connectivity index (χ0v) is 10.9. The van der Waals surface area contributed by atoms with Crippen LogP contribution in [0.25, 0.3) is 0 Å². The maximum atomic E-state index is 9.14. The molecule has 0 aromatic carbocycles. The van der Waals surface area contributed by atoms with E-state index in [1.165, 1.54) is 0 Å². The Kier molecular flexibility index (Phi) is 6.18. The zero-order valence-electron chi connectivity index (χ0n) is 10.1. The van der Waals surface area contributed by atoms with Gasteiger partial charge in [-0.2, -0.15) is 0 Å². The van der Waals surface area contributed by atoms with Crippen LogP contribution in [0.2, 0.25) is 5.15 Å². The van der Waals surface area contributed by atoms with Gasteiger partial charge in [-0.05, 0) is 20.3 Å². The molecular formula is C11H18ClN3O2. The molecule has 0 bridgehead atoms. The highest BCUT2D eigenvalue weighted by atomic mass is 35.5. The molecule has 0 aliphatic heterocycles. The molecule has 0 saturated carbocycles. The van der Waals surface area contributed by atoms with Gasteiger partial charge in [0.05, 0.1) is 6.10 Å². The molecule has 2 N–H and O–H groups in total. The largest absolute Gasteiger partial charge is 0.393 e. The van der Waals surface area contributed by atoms with Crippen molar-refractivity contribution in [3.05, 3.63) is 17.0 Å². The number of rotatable bonds is 7. The number of aliphatic hydroxyl groups is 1. The number of aliphatic hydroxyl groups excluding tert-OH is 1. The Morgan fingerprint density at radius 3 is 2.94 bits per heavy atom. The Hall–Kier alpha value is -0.910. The Bertz CT molecular complexity index is 347. The van der Waals surface area contributed by atoms with Crippen LogP contribution in [0.5, 0.6) is 0 Å². The second-order valence-electron chi connectivity index (χ2n) is 3.69. The van der Waals surface area contributed by atoms with Crippen LogP contribution in [-0.2, 0) is 11.3 Å². The van der Waals surface area contributed by atoms with Gasteiger partial charge in [0.25, 0.3) is 0 Å². The van der Waals surface area contributed by atoms with Crippen molar-refractivity contribution in [3.63, 3.8) is 0 Å². The minimum atomic E-state index is -0.331. The van der Waals surface area contributed by atoms with Gasteiger partial charge < -0.3 is 15.2 Å². The average Bonchev–Trinajstić information content (AvgIpc) is 2.25. The molecule has 0 aliphatic rings. The molecule has 0 amide bonds. The van der Waals surface area contributed by atoms with Crippen LogP contribution in [0.15, 0.2) is 6.07 Å². The smallest absolute Gasteiger partial charge is 0.158 e. The Morgan fingerprint density at radius 2 is 2.29 bits per heavy atom. The van der Waals surface area contributed by atoms with E-state index in [4.69, 9.17) is 21.4 Å². The molecule has 0 spiro atoms. The first-order valence-electron chi connectivity index (χ1n) is 5.65. The Labute approximate surface area is 106 Å². The number of anilines is 1. The molecule has 6 heteroatoms. The highest BCUT2D eigenvalue weighted by molar-refractivity contribution is 6.29. The standard InChI is InChI=1S/C11H18ClN3O2/c1-3-17-7-11-14-9(12)6-10(15-11)13-5-4-8(2)16/h6,8,16H,3-5,7H2,1-2H3,(H,13,14,15). The maximum absolute atomic E-state index is 9.14. The predicted octanol–water partition coefficient (Wildman–Crippen LogP) is 1.85. The highest BCUT2D eigenvalue weighted by Gasteiger charge is 2.03. The van der Waals surface area contributed by atoms with Crippen LogP contribution in [0.1, 0.15) is 26.1 Å². The lowest BCUT2D eigenvalue weighted by atomic mass is 10.3. The first-order chi connectivity index (χ1) is 8.11. The summed E-state index contributed by atoms with van der Waals surface area (Å²) in [4.78, 5) is 8.31. The van der Waals surface area contributed by atoms with Gasteiger partial charge in [-0.1, -0.05) is 11.6 Å². The van der Waals surface area contributed by atoms with Gasteiger partial charge in [0.1, 0.15) is 17.6 Å². The fourth-order valence-electron chi connectivity index (χ4n) is 1.22. The minimum absolute atomic E-state index is 0.331. The number of nitrogens with zero attached hydrogens (tertiary/aromatic N) is 2. The molecular weight excluding hydrogens is 242 g/mol. The van der Waals surface area contributed by atoms with E-state index < -0.39 is 0 Å². The number of hydrogen-bond donors (Lipinski definition) is 2. The number of halogens is 1. The number of hydrogen-bond acceptors (Lipinski definition) is 5.